The topological polar surface area (TPSA) is 12.0 Å². The molecule has 0 aliphatic heterocycles. The van der Waals surface area contributed by atoms with Gasteiger partial charge in [-0.3, -0.25) is 0 Å². The van der Waals surface area contributed by atoms with Gasteiger partial charge in [0.05, 0.1) is 0 Å². The molecule has 0 fully saturated rings. The van der Waals surface area contributed by atoms with Crippen LogP contribution in [-0.4, -0.2) is 11.6 Å². The highest BCUT2D eigenvalue weighted by Gasteiger charge is 2.28. The first kappa shape index (κ1) is 14.4. The van der Waals surface area contributed by atoms with E-state index < -0.39 is 5.51 Å². The van der Waals surface area contributed by atoms with Gasteiger partial charge >= 0.3 is 5.51 Å². The van der Waals surface area contributed by atoms with Gasteiger partial charge in [0.15, 0.2) is 0 Å². The Morgan fingerprint density at radius 1 is 1.24 bits per heavy atom. The molecule has 1 N–H and O–H groups in total. The summed E-state index contributed by atoms with van der Waals surface area (Å²) in [6, 6.07) is 6.88. The molecular formula is C12H16F3NS. The third-order valence-electron chi connectivity index (χ3n) is 2.42. The largest absolute Gasteiger partial charge is 0.446 e. The molecule has 1 aromatic carbocycles. The van der Waals surface area contributed by atoms with Crippen molar-refractivity contribution in [2.24, 2.45) is 0 Å². The minimum atomic E-state index is -4.21. The monoisotopic (exact) mass is 263 g/mol. The van der Waals surface area contributed by atoms with Gasteiger partial charge in [0.2, 0.25) is 0 Å². The normalized spacial score (nSPS) is 13.7. The van der Waals surface area contributed by atoms with Crippen LogP contribution in [0.15, 0.2) is 29.2 Å². The van der Waals surface area contributed by atoms with E-state index in [4.69, 9.17) is 0 Å². The Bertz CT molecular complexity index is 335. The Kier molecular flexibility index (Phi) is 5.33. The average molecular weight is 263 g/mol. The molecule has 0 spiro atoms. The first-order valence-corrected chi connectivity index (χ1v) is 6.30. The van der Waals surface area contributed by atoms with Gasteiger partial charge in [-0.1, -0.05) is 19.1 Å². The lowest BCUT2D eigenvalue weighted by Crippen LogP contribution is -2.24. The lowest BCUT2D eigenvalue weighted by atomic mass is 10.2. The van der Waals surface area contributed by atoms with E-state index in [9.17, 15) is 13.2 Å². The maximum absolute atomic E-state index is 12.1. The summed E-state index contributed by atoms with van der Waals surface area (Å²) in [5.41, 5.74) is -3.21. The molecule has 0 radical (unpaired) electrons. The number of alkyl halides is 3. The number of nitrogens with one attached hydrogen (secondary N) is 1. The van der Waals surface area contributed by atoms with Gasteiger partial charge in [0.25, 0.3) is 0 Å². The van der Waals surface area contributed by atoms with Crippen LogP contribution >= 0.6 is 11.8 Å². The van der Waals surface area contributed by atoms with Crippen LogP contribution in [-0.2, 0) is 6.54 Å². The van der Waals surface area contributed by atoms with E-state index in [-0.39, 0.29) is 16.7 Å². The van der Waals surface area contributed by atoms with Crippen molar-refractivity contribution >= 4 is 11.8 Å². The third-order valence-corrected chi connectivity index (χ3v) is 3.16. The molecular weight excluding hydrogens is 247 g/mol. The van der Waals surface area contributed by atoms with Crippen molar-refractivity contribution in [1.29, 1.82) is 0 Å². The van der Waals surface area contributed by atoms with Gasteiger partial charge in [0.1, 0.15) is 0 Å². The number of thioether (sulfide) groups is 1. The van der Waals surface area contributed by atoms with Gasteiger partial charge in [-0.25, -0.2) is 0 Å². The number of hydrogen-bond donors (Lipinski definition) is 1. The Morgan fingerprint density at radius 2 is 1.82 bits per heavy atom. The number of rotatable bonds is 5. The summed E-state index contributed by atoms with van der Waals surface area (Å²) in [5, 5.41) is 3.29. The van der Waals surface area contributed by atoms with E-state index in [0.29, 0.717) is 12.6 Å². The van der Waals surface area contributed by atoms with E-state index in [0.717, 1.165) is 12.0 Å². The molecule has 1 nitrogen and oxygen atoms in total. The zero-order chi connectivity index (χ0) is 12.9. The summed E-state index contributed by atoms with van der Waals surface area (Å²) < 4.78 is 36.3. The molecule has 1 aromatic rings. The molecule has 1 atom stereocenters. The minimum Gasteiger partial charge on any atom is -0.310 e. The summed E-state index contributed by atoms with van der Waals surface area (Å²) in [6.07, 6.45) is 1.03. The van der Waals surface area contributed by atoms with Crippen molar-refractivity contribution in [1.82, 2.24) is 5.32 Å². The van der Waals surface area contributed by atoms with Crippen molar-refractivity contribution in [2.75, 3.05) is 0 Å². The number of halogens is 3. The smallest absolute Gasteiger partial charge is 0.310 e. The molecule has 96 valence electrons. The van der Waals surface area contributed by atoms with Crippen molar-refractivity contribution in [3.05, 3.63) is 29.8 Å². The Hall–Kier alpha value is -0.680. The summed E-state index contributed by atoms with van der Waals surface area (Å²) in [5.74, 6) is 0. The van der Waals surface area contributed by atoms with Crippen LogP contribution in [0, 0.1) is 0 Å². The second-order valence-electron chi connectivity index (χ2n) is 3.88. The molecule has 1 rings (SSSR count). The van der Waals surface area contributed by atoms with Crippen LogP contribution in [0.3, 0.4) is 0 Å². The molecule has 0 amide bonds. The van der Waals surface area contributed by atoms with E-state index in [2.05, 4.69) is 19.2 Å². The van der Waals surface area contributed by atoms with Gasteiger partial charge in [-0.2, -0.15) is 13.2 Å². The maximum atomic E-state index is 12.1. The Morgan fingerprint density at radius 3 is 2.29 bits per heavy atom. The number of benzene rings is 1. The zero-order valence-corrected chi connectivity index (χ0v) is 10.7. The first-order valence-electron chi connectivity index (χ1n) is 5.49. The lowest BCUT2D eigenvalue weighted by molar-refractivity contribution is -0.0328. The van der Waals surface area contributed by atoms with Crippen LogP contribution in [0.4, 0.5) is 13.2 Å². The van der Waals surface area contributed by atoms with E-state index >= 15 is 0 Å². The van der Waals surface area contributed by atoms with Crippen LogP contribution in [0.2, 0.25) is 0 Å². The third kappa shape index (κ3) is 5.98. The predicted molar refractivity (Wildman–Crippen MR) is 64.9 cm³/mol. The van der Waals surface area contributed by atoms with E-state index in [1.54, 1.807) is 12.1 Å². The van der Waals surface area contributed by atoms with Crippen LogP contribution < -0.4 is 5.32 Å². The van der Waals surface area contributed by atoms with Gasteiger partial charge in [-0.15, -0.1) is 0 Å². The summed E-state index contributed by atoms with van der Waals surface area (Å²) in [6.45, 7) is 4.85. The Labute approximate surface area is 104 Å². The van der Waals surface area contributed by atoms with Crippen molar-refractivity contribution < 1.29 is 13.2 Å². The van der Waals surface area contributed by atoms with Crippen molar-refractivity contribution in [3.8, 4) is 0 Å². The molecule has 17 heavy (non-hydrogen) atoms. The highest BCUT2D eigenvalue weighted by atomic mass is 32.2. The van der Waals surface area contributed by atoms with Crippen molar-refractivity contribution in [3.63, 3.8) is 0 Å². The first-order chi connectivity index (χ1) is 7.90. The highest BCUT2D eigenvalue weighted by Crippen LogP contribution is 2.36. The molecule has 0 bridgehead atoms. The summed E-state index contributed by atoms with van der Waals surface area (Å²) in [4.78, 5) is 0.227. The molecule has 1 unspecified atom stereocenters. The second-order valence-corrected chi connectivity index (χ2v) is 5.02. The van der Waals surface area contributed by atoms with E-state index in [1.165, 1.54) is 12.1 Å². The van der Waals surface area contributed by atoms with Crippen molar-refractivity contribution in [2.45, 2.75) is 43.3 Å². The molecule has 0 saturated heterocycles. The fraction of sp³-hybridized carbons (Fsp3) is 0.500. The zero-order valence-electron chi connectivity index (χ0n) is 9.84. The van der Waals surface area contributed by atoms with Gasteiger partial charge in [0, 0.05) is 17.5 Å². The maximum Gasteiger partial charge on any atom is 0.446 e. The van der Waals surface area contributed by atoms with Gasteiger partial charge < -0.3 is 5.32 Å². The molecule has 0 aliphatic carbocycles. The summed E-state index contributed by atoms with van der Waals surface area (Å²) >= 11 is -0.0821. The predicted octanol–water partition coefficient (Wildman–Crippen LogP) is 4.19. The van der Waals surface area contributed by atoms with Crippen LogP contribution in [0.5, 0.6) is 0 Å². The molecule has 0 aliphatic rings. The molecule has 0 saturated carbocycles. The Balaban J connectivity index is 2.50. The fourth-order valence-electron chi connectivity index (χ4n) is 1.25. The molecule has 0 heterocycles. The minimum absolute atomic E-state index is 0.0821. The fourth-order valence-corrected chi connectivity index (χ4v) is 1.78. The van der Waals surface area contributed by atoms with E-state index in [1.807, 2.05) is 0 Å². The lowest BCUT2D eigenvalue weighted by Gasteiger charge is -2.11. The quantitative estimate of drug-likeness (QED) is 0.799. The summed E-state index contributed by atoms with van der Waals surface area (Å²) in [7, 11) is 0. The SMILES string of the molecule is CCC(C)NCc1ccc(SC(F)(F)F)cc1. The van der Waals surface area contributed by atoms with Crippen LogP contribution in [0.1, 0.15) is 25.8 Å². The van der Waals surface area contributed by atoms with Crippen LogP contribution in [0.25, 0.3) is 0 Å². The molecule has 5 heteroatoms. The molecule has 0 aromatic heterocycles. The standard InChI is InChI=1S/C12H16F3NS/c1-3-9(2)16-8-10-4-6-11(7-5-10)17-12(13,14)15/h4-7,9,16H,3,8H2,1-2H3. The highest BCUT2D eigenvalue weighted by molar-refractivity contribution is 8.00. The number of hydrogen-bond acceptors (Lipinski definition) is 2. The second kappa shape index (κ2) is 6.31. The van der Waals surface area contributed by atoms with Gasteiger partial charge in [-0.05, 0) is 42.8 Å². The average Bonchev–Trinajstić information content (AvgIpc) is 2.25.